The van der Waals surface area contributed by atoms with Crippen molar-refractivity contribution in [2.24, 2.45) is 0 Å². The maximum absolute atomic E-state index is 13.0. The average Bonchev–Trinajstić information content (AvgIpc) is 2.87. The zero-order chi connectivity index (χ0) is 18.3. The zero-order valence-corrected chi connectivity index (χ0v) is 14.4. The van der Waals surface area contributed by atoms with E-state index in [1.54, 1.807) is 60.7 Å². The Morgan fingerprint density at radius 3 is 2.38 bits per heavy atom. The molecule has 1 aliphatic rings. The Balaban J connectivity index is 1.84. The highest BCUT2D eigenvalue weighted by Crippen LogP contribution is 2.43. The van der Waals surface area contributed by atoms with Crippen molar-refractivity contribution in [1.29, 1.82) is 0 Å². The molecule has 1 N–H and O–H groups in total. The molecule has 0 aliphatic carbocycles. The van der Waals surface area contributed by atoms with Crippen LogP contribution in [0.15, 0.2) is 73.1 Å². The molecule has 26 heavy (non-hydrogen) atoms. The first kappa shape index (κ1) is 16.6. The lowest BCUT2D eigenvalue weighted by atomic mass is 9.93. The highest BCUT2D eigenvalue weighted by molar-refractivity contribution is 6.30. The second-order valence-corrected chi connectivity index (χ2v) is 6.62. The van der Waals surface area contributed by atoms with E-state index in [1.807, 2.05) is 0 Å². The number of fused-ring (bicyclic) bond motifs is 1. The van der Waals surface area contributed by atoms with Crippen LogP contribution in [0.2, 0.25) is 5.02 Å². The van der Waals surface area contributed by atoms with Gasteiger partial charge in [-0.1, -0.05) is 41.9 Å². The minimum atomic E-state index is -1.61. The lowest BCUT2D eigenvalue weighted by Crippen LogP contribution is -2.44. The smallest absolute Gasteiger partial charge is 0.257 e. The maximum Gasteiger partial charge on any atom is 0.257 e. The molecule has 6 heteroatoms. The number of carbonyl (C=O) groups excluding carboxylic acids is 1. The molecule has 0 saturated heterocycles. The van der Waals surface area contributed by atoms with Gasteiger partial charge in [-0.25, -0.2) is 0 Å². The number of amides is 1. The molecule has 0 spiro atoms. The summed E-state index contributed by atoms with van der Waals surface area (Å²) in [5.74, 6) is -0.267. The lowest BCUT2D eigenvalue weighted by molar-refractivity contribution is -0.605. The van der Waals surface area contributed by atoms with Crippen LogP contribution in [0, 0.1) is 5.21 Å². The maximum atomic E-state index is 13.0. The summed E-state index contributed by atoms with van der Waals surface area (Å²) in [6, 6.07) is 17.1. The van der Waals surface area contributed by atoms with E-state index >= 15 is 0 Å². The van der Waals surface area contributed by atoms with E-state index in [-0.39, 0.29) is 12.5 Å². The molecule has 5 nitrogen and oxygen atoms in total. The molecule has 1 amide bonds. The van der Waals surface area contributed by atoms with E-state index in [2.05, 4.69) is 0 Å². The van der Waals surface area contributed by atoms with Crippen molar-refractivity contribution in [1.82, 2.24) is 4.90 Å². The monoisotopic (exact) mass is 366 g/mol. The van der Waals surface area contributed by atoms with Gasteiger partial charge in [0.2, 0.25) is 0 Å². The minimum Gasteiger partial charge on any atom is -0.619 e. The van der Waals surface area contributed by atoms with Gasteiger partial charge in [0.05, 0.1) is 0 Å². The Kier molecular flexibility index (Phi) is 3.90. The van der Waals surface area contributed by atoms with Crippen LogP contribution >= 0.6 is 11.6 Å². The number of nitrogens with zero attached hydrogens (tertiary/aromatic N) is 2. The van der Waals surface area contributed by atoms with Crippen molar-refractivity contribution < 1.29 is 14.6 Å². The third-order valence-corrected chi connectivity index (χ3v) is 4.88. The quantitative estimate of drug-likeness (QED) is 0.572. The van der Waals surface area contributed by atoms with Gasteiger partial charge in [-0.15, -0.1) is 0 Å². The molecule has 1 unspecified atom stereocenters. The molecule has 1 aliphatic heterocycles. The highest BCUT2D eigenvalue weighted by Gasteiger charge is 2.49. The number of aliphatic hydroxyl groups is 1. The molecule has 2 heterocycles. The fraction of sp³-hybridized carbons (Fsp3) is 0.100. The first-order valence-corrected chi connectivity index (χ1v) is 8.45. The molecule has 3 aromatic rings. The number of halogens is 1. The van der Waals surface area contributed by atoms with Crippen molar-refractivity contribution in [2.75, 3.05) is 0 Å². The first-order chi connectivity index (χ1) is 12.5. The molecule has 4 rings (SSSR count). The predicted octanol–water partition coefficient (Wildman–Crippen LogP) is 2.82. The summed E-state index contributed by atoms with van der Waals surface area (Å²) in [5, 5.41) is 23.4. The van der Waals surface area contributed by atoms with Crippen LogP contribution in [-0.2, 0) is 12.3 Å². The summed E-state index contributed by atoms with van der Waals surface area (Å²) in [6.45, 7) is 0.160. The molecule has 2 aromatic carbocycles. The summed E-state index contributed by atoms with van der Waals surface area (Å²) >= 11 is 5.98. The number of carbonyl (C=O) groups is 1. The fourth-order valence-electron chi connectivity index (χ4n) is 3.32. The van der Waals surface area contributed by atoms with Gasteiger partial charge in [-0.05, 0) is 23.8 Å². The number of aromatic nitrogens is 1. The van der Waals surface area contributed by atoms with E-state index in [4.69, 9.17) is 11.6 Å². The Bertz CT molecular complexity index is 973. The van der Waals surface area contributed by atoms with Crippen molar-refractivity contribution in [2.45, 2.75) is 12.3 Å². The Morgan fingerprint density at radius 2 is 1.69 bits per heavy atom. The number of rotatable bonds is 3. The van der Waals surface area contributed by atoms with Gasteiger partial charge in [-0.2, -0.15) is 4.73 Å². The Labute approximate surface area is 155 Å². The summed E-state index contributed by atoms with van der Waals surface area (Å²) in [5.41, 5.74) is 0.671. The number of hydrogen-bond donors (Lipinski definition) is 1. The molecule has 0 fully saturated rings. The van der Waals surface area contributed by atoms with Gasteiger partial charge < -0.3 is 10.3 Å². The molecule has 1 atom stereocenters. The van der Waals surface area contributed by atoms with Crippen molar-refractivity contribution in [3.05, 3.63) is 106 Å². The van der Waals surface area contributed by atoms with E-state index in [1.165, 1.54) is 17.3 Å². The van der Waals surface area contributed by atoms with Crippen LogP contribution in [0.25, 0.3) is 0 Å². The molecule has 130 valence electrons. The van der Waals surface area contributed by atoms with E-state index in [0.29, 0.717) is 26.4 Å². The van der Waals surface area contributed by atoms with E-state index < -0.39 is 5.72 Å². The molecule has 0 bridgehead atoms. The van der Waals surface area contributed by atoms with Gasteiger partial charge in [0, 0.05) is 40.4 Å². The van der Waals surface area contributed by atoms with Gasteiger partial charge in [0.25, 0.3) is 5.91 Å². The Morgan fingerprint density at radius 1 is 1.04 bits per heavy atom. The number of hydrogen-bond acceptors (Lipinski definition) is 3. The van der Waals surface area contributed by atoms with Gasteiger partial charge >= 0.3 is 0 Å². The average molecular weight is 367 g/mol. The van der Waals surface area contributed by atoms with Crippen LogP contribution in [0.1, 0.15) is 27.0 Å². The topological polar surface area (TPSA) is 67.5 Å². The first-order valence-electron chi connectivity index (χ1n) is 8.08. The third kappa shape index (κ3) is 2.53. The fourth-order valence-corrected chi connectivity index (χ4v) is 3.45. The second kappa shape index (κ2) is 6.12. The van der Waals surface area contributed by atoms with E-state index in [0.717, 1.165) is 5.56 Å². The minimum absolute atomic E-state index is 0.160. The van der Waals surface area contributed by atoms with Crippen LogP contribution in [0.5, 0.6) is 0 Å². The van der Waals surface area contributed by atoms with Crippen molar-refractivity contribution in [3.63, 3.8) is 0 Å². The van der Waals surface area contributed by atoms with Gasteiger partial charge in [0.1, 0.15) is 0 Å². The standard InChI is InChI=1S/C20H15ClN2O3/c21-16-7-5-15(6-8-16)20(25)18-4-2-1-3-17(18)19(24)23(20)13-14-9-11-22(26)12-10-14/h1-12,25H,13H2. The molecular weight excluding hydrogens is 352 g/mol. The predicted molar refractivity (Wildman–Crippen MR) is 96.2 cm³/mol. The van der Waals surface area contributed by atoms with Crippen molar-refractivity contribution in [3.8, 4) is 0 Å². The Hall–Kier alpha value is -2.89. The third-order valence-electron chi connectivity index (χ3n) is 4.63. The largest absolute Gasteiger partial charge is 0.619 e. The summed E-state index contributed by atoms with van der Waals surface area (Å²) in [7, 11) is 0. The summed E-state index contributed by atoms with van der Waals surface area (Å²) in [4.78, 5) is 14.4. The molecule has 0 radical (unpaired) electrons. The van der Waals surface area contributed by atoms with Gasteiger partial charge in [-0.3, -0.25) is 9.69 Å². The highest BCUT2D eigenvalue weighted by atomic mass is 35.5. The van der Waals surface area contributed by atoms with Crippen LogP contribution in [0.3, 0.4) is 0 Å². The molecular formula is C20H15ClN2O3. The summed E-state index contributed by atoms with van der Waals surface area (Å²) in [6.07, 6.45) is 2.73. The van der Waals surface area contributed by atoms with Crippen LogP contribution < -0.4 is 4.73 Å². The van der Waals surface area contributed by atoms with Gasteiger partial charge in [0.15, 0.2) is 18.1 Å². The second-order valence-electron chi connectivity index (χ2n) is 6.18. The van der Waals surface area contributed by atoms with Crippen LogP contribution in [-0.4, -0.2) is 15.9 Å². The summed E-state index contributed by atoms with van der Waals surface area (Å²) < 4.78 is 0.676. The zero-order valence-electron chi connectivity index (χ0n) is 13.7. The van der Waals surface area contributed by atoms with E-state index in [9.17, 15) is 15.1 Å². The SMILES string of the molecule is O=C1c2ccccc2C(O)(c2ccc(Cl)cc2)N1Cc1cc[n+]([O-])cc1. The normalized spacial score (nSPS) is 18.8. The molecule has 1 aromatic heterocycles. The lowest BCUT2D eigenvalue weighted by Gasteiger charge is -2.35. The number of pyridine rings is 1. The number of benzene rings is 2. The van der Waals surface area contributed by atoms with Crippen molar-refractivity contribution >= 4 is 17.5 Å². The van der Waals surface area contributed by atoms with Crippen LogP contribution in [0.4, 0.5) is 0 Å². The molecule has 0 saturated carbocycles.